The SMILES string of the molecule is c1ccc(-c2nc(-c3ccccc3)nc(-c3ccc4c(c3)C3(c5ccccc5-c5ccccc53)c3cc(-c5nc6ccccc6n5-c5ccccc5)ccc3N4c3ccccc3)n2)cc1. The van der Waals surface area contributed by atoms with E-state index in [1.165, 1.54) is 22.3 Å². The molecule has 6 heteroatoms. The van der Waals surface area contributed by atoms with Crippen molar-refractivity contribution in [2.45, 2.75) is 5.41 Å². The highest BCUT2D eigenvalue weighted by atomic mass is 15.2. The van der Waals surface area contributed by atoms with Crippen LogP contribution in [0, 0.1) is 0 Å². The van der Waals surface area contributed by atoms with Gasteiger partial charge in [0.2, 0.25) is 0 Å². The van der Waals surface area contributed by atoms with Crippen LogP contribution in [0.25, 0.3) is 73.4 Å². The van der Waals surface area contributed by atoms with Gasteiger partial charge in [-0.25, -0.2) is 19.9 Å². The molecule has 0 atom stereocenters. The van der Waals surface area contributed by atoms with Gasteiger partial charge >= 0.3 is 0 Å². The molecule has 0 saturated heterocycles. The molecule has 1 aliphatic heterocycles. The minimum absolute atomic E-state index is 0.609. The topological polar surface area (TPSA) is 59.7 Å². The number of aromatic nitrogens is 5. The number of benzene rings is 9. The van der Waals surface area contributed by atoms with Crippen LogP contribution in [0.4, 0.5) is 17.1 Å². The molecule has 6 nitrogen and oxygen atoms in total. The zero-order valence-electron chi connectivity index (χ0n) is 35.1. The van der Waals surface area contributed by atoms with E-state index in [4.69, 9.17) is 19.9 Å². The Morgan fingerprint density at radius 2 is 0.769 bits per heavy atom. The quantitative estimate of drug-likeness (QED) is 0.167. The minimum atomic E-state index is -0.740. The summed E-state index contributed by atoms with van der Waals surface area (Å²) in [6.07, 6.45) is 0. The Balaban J connectivity index is 1.13. The zero-order valence-corrected chi connectivity index (χ0v) is 35.1. The monoisotopic (exact) mass is 830 g/mol. The highest BCUT2D eigenvalue weighted by Crippen LogP contribution is 2.64. The third-order valence-electron chi connectivity index (χ3n) is 13.0. The van der Waals surface area contributed by atoms with Crippen molar-refractivity contribution in [3.63, 3.8) is 0 Å². The molecule has 0 bridgehead atoms. The average Bonchev–Trinajstić information content (AvgIpc) is 3.92. The number of nitrogens with zero attached hydrogens (tertiary/aromatic N) is 6. The predicted octanol–water partition coefficient (Wildman–Crippen LogP) is 14.0. The highest BCUT2D eigenvalue weighted by molar-refractivity contribution is 5.97. The van der Waals surface area contributed by atoms with Crippen LogP contribution in [-0.4, -0.2) is 24.5 Å². The molecule has 0 unspecified atom stereocenters. The van der Waals surface area contributed by atoms with Gasteiger partial charge in [-0.1, -0.05) is 158 Å². The van der Waals surface area contributed by atoms with Gasteiger partial charge < -0.3 is 4.90 Å². The molecule has 0 saturated carbocycles. The summed E-state index contributed by atoms with van der Waals surface area (Å²) < 4.78 is 2.29. The van der Waals surface area contributed by atoms with E-state index < -0.39 is 5.41 Å². The van der Waals surface area contributed by atoms with Crippen molar-refractivity contribution in [2.75, 3.05) is 4.90 Å². The van der Waals surface area contributed by atoms with Crippen molar-refractivity contribution in [1.82, 2.24) is 24.5 Å². The van der Waals surface area contributed by atoms with Gasteiger partial charge in [0.05, 0.1) is 27.8 Å². The van der Waals surface area contributed by atoms with Crippen LogP contribution in [0.3, 0.4) is 0 Å². The maximum atomic E-state index is 5.38. The van der Waals surface area contributed by atoms with Crippen molar-refractivity contribution in [2.24, 2.45) is 0 Å². The molecule has 0 N–H and O–H groups in total. The first-order chi connectivity index (χ1) is 32.2. The van der Waals surface area contributed by atoms with E-state index >= 15 is 0 Å². The number of fused-ring (bicyclic) bond motifs is 10. The maximum absolute atomic E-state index is 5.38. The second-order valence-corrected chi connectivity index (χ2v) is 16.6. The fourth-order valence-electron chi connectivity index (χ4n) is 10.3. The summed E-state index contributed by atoms with van der Waals surface area (Å²) in [4.78, 5) is 23.3. The third-order valence-corrected chi connectivity index (χ3v) is 13.0. The third kappa shape index (κ3) is 5.67. The molecule has 1 spiro atoms. The normalized spacial score (nSPS) is 13.0. The number of hydrogen-bond acceptors (Lipinski definition) is 5. The van der Waals surface area contributed by atoms with E-state index in [-0.39, 0.29) is 0 Å². The first-order valence-electron chi connectivity index (χ1n) is 22.0. The van der Waals surface area contributed by atoms with E-state index in [0.29, 0.717) is 17.5 Å². The molecule has 3 heterocycles. The van der Waals surface area contributed by atoms with Crippen LogP contribution >= 0.6 is 0 Å². The van der Waals surface area contributed by atoms with Crippen molar-refractivity contribution in [3.05, 3.63) is 253 Å². The van der Waals surface area contributed by atoms with E-state index in [1.807, 2.05) is 36.4 Å². The molecular weight excluding hydrogens is 793 g/mol. The summed E-state index contributed by atoms with van der Waals surface area (Å²) in [6.45, 7) is 0. The summed E-state index contributed by atoms with van der Waals surface area (Å²) in [7, 11) is 0. The molecule has 304 valence electrons. The van der Waals surface area contributed by atoms with Crippen LogP contribution in [0.1, 0.15) is 22.3 Å². The Labute approximate surface area is 376 Å². The van der Waals surface area contributed by atoms with Crippen molar-refractivity contribution < 1.29 is 0 Å². The Hall–Kier alpha value is -8.74. The molecule has 13 rings (SSSR count). The lowest BCUT2D eigenvalue weighted by Crippen LogP contribution is -2.36. The molecular formula is C59H38N6. The van der Waals surface area contributed by atoms with Crippen LogP contribution in [-0.2, 0) is 5.41 Å². The summed E-state index contributed by atoms with van der Waals surface area (Å²) >= 11 is 0. The van der Waals surface area contributed by atoms with E-state index in [9.17, 15) is 0 Å². The number of rotatable bonds is 6. The molecule has 2 aliphatic rings. The minimum Gasteiger partial charge on any atom is -0.310 e. The van der Waals surface area contributed by atoms with Gasteiger partial charge in [0.1, 0.15) is 5.82 Å². The molecule has 9 aromatic carbocycles. The molecule has 1 aliphatic carbocycles. The number of para-hydroxylation sites is 4. The Morgan fingerprint density at radius 3 is 1.35 bits per heavy atom. The van der Waals surface area contributed by atoms with Gasteiger partial charge in [0, 0.05) is 33.6 Å². The van der Waals surface area contributed by atoms with Gasteiger partial charge in [0.15, 0.2) is 17.5 Å². The molecule has 0 radical (unpaired) electrons. The Kier molecular flexibility index (Phi) is 8.33. The Bertz CT molecular complexity index is 3500. The highest BCUT2D eigenvalue weighted by Gasteiger charge is 2.52. The smallest absolute Gasteiger partial charge is 0.164 e. The first kappa shape index (κ1) is 36.9. The van der Waals surface area contributed by atoms with Crippen LogP contribution in [0.2, 0.25) is 0 Å². The number of anilines is 3. The van der Waals surface area contributed by atoms with Gasteiger partial charge in [-0.15, -0.1) is 0 Å². The summed E-state index contributed by atoms with van der Waals surface area (Å²) in [5.41, 5.74) is 16.6. The predicted molar refractivity (Wildman–Crippen MR) is 262 cm³/mol. The molecule has 11 aromatic rings. The fraction of sp³-hybridized carbons (Fsp3) is 0.0169. The van der Waals surface area contributed by atoms with Crippen LogP contribution in [0.15, 0.2) is 231 Å². The summed E-state index contributed by atoms with van der Waals surface area (Å²) in [6, 6.07) is 81.7. The summed E-state index contributed by atoms with van der Waals surface area (Å²) in [5, 5.41) is 0. The molecule has 0 fully saturated rings. The largest absolute Gasteiger partial charge is 0.310 e. The van der Waals surface area contributed by atoms with Crippen LogP contribution in [0.5, 0.6) is 0 Å². The first-order valence-corrected chi connectivity index (χ1v) is 22.0. The standard InChI is InChI=1S/C59H38N6/c1-5-19-39(20-6-1)55-61-56(40-21-7-2-8-22-40)63-57(62-55)41-33-35-52-49(37-41)59(47-29-15-13-27-45(47)46-28-14-16-30-48(46)59)50-38-42(34-36-53(50)64(52)43-23-9-3-10-24-43)58-60-51-31-17-18-32-54(51)65(58)44-25-11-4-12-26-44/h1-38H. The van der Waals surface area contributed by atoms with Gasteiger partial charge in [0.25, 0.3) is 0 Å². The van der Waals surface area contributed by atoms with E-state index in [0.717, 1.165) is 73.0 Å². The van der Waals surface area contributed by atoms with Gasteiger partial charge in [-0.05, 0) is 106 Å². The lowest BCUT2D eigenvalue weighted by Gasteiger charge is -2.45. The second kappa shape index (κ2) is 14.7. The number of hydrogen-bond donors (Lipinski definition) is 0. The van der Waals surface area contributed by atoms with Crippen molar-refractivity contribution in [1.29, 1.82) is 0 Å². The molecule has 0 amide bonds. The van der Waals surface area contributed by atoms with Gasteiger partial charge in [-0.3, -0.25) is 4.57 Å². The van der Waals surface area contributed by atoms with Gasteiger partial charge in [-0.2, -0.15) is 0 Å². The fourth-order valence-corrected chi connectivity index (χ4v) is 10.3. The van der Waals surface area contributed by atoms with Crippen molar-refractivity contribution in [3.8, 4) is 62.4 Å². The lowest BCUT2D eigenvalue weighted by molar-refractivity contribution is 0.753. The zero-order chi connectivity index (χ0) is 42.9. The average molecular weight is 831 g/mol. The summed E-state index contributed by atoms with van der Waals surface area (Å²) in [5.74, 6) is 2.74. The van der Waals surface area contributed by atoms with Crippen molar-refractivity contribution >= 4 is 28.1 Å². The van der Waals surface area contributed by atoms with E-state index in [1.54, 1.807) is 0 Å². The lowest BCUT2D eigenvalue weighted by atomic mass is 9.64. The van der Waals surface area contributed by atoms with E-state index in [2.05, 4.69) is 204 Å². The van der Waals surface area contributed by atoms with Crippen LogP contribution < -0.4 is 4.90 Å². The maximum Gasteiger partial charge on any atom is 0.164 e. The molecule has 65 heavy (non-hydrogen) atoms. The molecule has 2 aromatic heterocycles. The Morgan fingerprint density at radius 1 is 0.323 bits per heavy atom. The second-order valence-electron chi connectivity index (χ2n) is 16.6. The number of imidazole rings is 1.